The molecule has 0 aliphatic carbocycles. The molecule has 0 saturated carbocycles. The highest BCUT2D eigenvalue weighted by Gasteiger charge is 2.14. The van der Waals surface area contributed by atoms with Gasteiger partial charge in [-0.05, 0) is 12.1 Å². The van der Waals surface area contributed by atoms with E-state index in [9.17, 15) is 4.79 Å². The summed E-state index contributed by atoms with van der Waals surface area (Å²) in [6.07, 6.45) is 0. The summed E-state index contributed by atoms with van der Waals surface area (Å²) >= 11 is 0. The molecule has 0 heterocycles. The van der Waals surface area contributed by atoms with E-state index in [1.54, 1.807) is 43.3 Å². The van der Waals surface area contributed by atoms with Crippen molar-refractivity contribution in [2.45, 2.75) is 0 Å². The highest BCUT2D eigenvalue weighted by molar-refractivity contribution is 6.09. The third-order valence-electron chi connectivity index (χ3n) is 2.09. The van der Waals surface area contributed by atoms with Crippen LogP contribution in [0, 0.1) is 11.3 Å². The highest BCUT2D eigenvalue weighted by atomic mass is 16.1. The standard InChI is InChI=1S/C12H12N2O/c1-9(14(2)3)12(15)11-7-5-4-6-10(11)8-13/h4-7H,1H2,2-3H3. The molecule has 0 bridgehead atoms. The van der Waals surface area contributed by atoms with E-state index in [0.29, 0.717) is 16.8 Å². The minimum atomic E-state index is -0.211. The van der Waals surface area contributed by atoms with Gasteiger partial charge in [-0.3, -0.25) is 4.79 Å². The Labute approximate surface area is 89.2 Å². The molecule has 0 aliphatic rings. The average Bonchev–Trinajstić information content (AvgIpc) is 2.26. The molecule has 0 unspecified atom stereocenters. The number of allylic oxidation sites excluding steroid dienone is 1. The molecule has 1 aromatic rings. The molecular formula is C12H12N2O. The largest absolute Gasteiger partial charge is 0.375 e. The fourth-order valence-corrected chi connectivity index (χ4v) is 1.14. The number of likely N-dealkylation sites (N-methyl/N-ethyl adjacent to an activating group) is 1. The number of ketones is 1. The van der Waals surface area contributed by atoms with Gasteiger partial charge in [0, 0.05) is 19.7 Å². The SMILES string of the molecule is C=C(C(=O)c1ccccc1C#N)N(C)C. The molecule has 15 heavy (non-hydrogen) atoms. The second kappa shape index (κ2) is 4.43. The van der Waals surface area contributed by atoms with Crippen LogP contribution in [0.4, 0.5) is 0 Å². The molecule has 0 amide bonds. The van der Waals surface area contributed by atoms with Gasteiger partial charge in [0.2, 0.25) is 5.78 Å². The maximum Gasteiger partial charge on any atom is 0.209 e. The molecular weight excluding hydrogens is 188 g/mol. The summed E-state index contributed by atoms with van der Waals surface area (Å²) < 4.78 is 0. The van der Waals surface area contributed by atoms with Crippen molar-refractivity contribution in [1.29, 1.82) is 5.26 Å². The summed E-state index contributed by atoms with van der Waals surface area (Å²) in [7, 11) is 3.49. The molecule has 0 spiro atoms. The van der Waals surface area contributed by atoms with Crippen molar-refractivity contribution in [1.82, 2.24) is 4.90 Å². The lowest BCUT2D eigenvalue weighted by molar-refractivity contribution is 0.100. The van der Waals surface area contributed by atoms with Gasteiger partial charge in [-0.15, -0.1) is 0 Å². The number of nitrogens with zero attached hydrogens (tertiary/aromatic N) is 2. The maximum atomic E-state index is 11.9. The van der Waals surface area contributed by atoms with Gasteiger partial charge in [-0.2, -0.15) is 5.26 Å². The predicted octanol–water partition coefficient (Wildman–Crippen LogP) is 1.82. The topological polar surface area (TPSA) is 44.1 Å². The second-order valence-electron chi connectivity index (χ2n) is 3.33. The van der Waals surface area contributed by atoms with Gasteiger partial charge >= 0.3 is 0 Å². The Bertz CT molecular complexity index is 441. The third kappa shape index (κ3) is 2.23. The van der Waals surface area contributed by atoms with Gasteiger partial charge < -0.3 is 4.90 Å². The Morgan fingerprint density at radius 1 is 1.40 bits per heavy atom. The zero-order chi connectivity index (χ0) is 11.4. The zero-order valence-corrected chi connectivity index (χ0v) is 8.82. The van der Waals surface area contributed by atoms with Crippen LogP contribution >= 0.6 is 0 Å². The van der Waals surface area contributed by atoms with Gasteiger partial charge in [0.15, 0.2) is 0 Å². The lowest BCUT2D eigenvalue weighted by Crippen LogP contribution is -2.19. The van der Waals surface area contributed by atoms with Crippen molar-refractivity contribution >= 4 is 5.78 Å². The normalized spacial score (nSPS) is 9.13. The fraction of sp³-hybridized carbons (Fsp3) is 0.167. The molecule has 0 N–H and O–H groups in total. The van der Waals surface area contributed by atoms with Crippen molar-refractivity contribution < 1.29 is 4.79 Å². The first-order valence-corrected chi connectivity index (χ1v) is 4.48. The van der Waals surface area contributed by atoms with Gasteiger partial charge in [-0.25, -0.2) is 0 Å². The Balaban J connectivity index is 3.13. The molecule has 0 radical (unpaired) electrons. The van der Waals surface area contributed by atoms with Gasteiger partial charge in [-0.1, -0.05) is 18.7 Å². The van der Waals surface area contributed by atoms with E-state index in [0.717, 1.165) is 0 Å². The first-order chi connectivity index (χ1) is 7.07. The van der Waals surface area contributed by atoms with Gasteiger partial charge in [0.05, 0.1) is 17.3 Å². The smallest absolute Gasteiger partial charge is 0.209 e. The van der Waals surface area contributed by atoms with Crippen LogP contribution < -0.4 is 0 Å². The number of hydrogen-bond donors (Lipinski definition) is 0. The molecule has 1 aromatic carbocycles. The molecule has 3 nitrogen and oxygen atoms in total. The van der Waals surface area contributed by atoms with Crippen LogP contribution in [0.3, 0.4) is 0 Å². The highest BCUT2D eigenvalue weighted by Crippen LogP contribution is 2.13. The first kappa shape index (κ1) is 11.0. The van der Waals surface area contributed by atoms with Crippen LogP contribution in [0.5, 0.6) is 0 Å². The van der Waals surface area contributed by atoms with Gasteiger partial charge in [0.25, 0.3) is 0 Å². The van der Waals surface area contributed by atoms with Crippen molar-refractivity contribution in [3.05, 3.63) is 47.7 Å². The quantitative estimate of drug-likeness (QED) is 0.552. The molecule has 3 heteroatoms. The van der Waals surface area contributed by atoms with E-state index in [2.05, 4.69) is 6.58 Å². The number of nitriles is 1. The van der Waals surface area contributed by atoms with E-state index in [1.807, 2.05) is 6.07 Å². The van der Waals surface area contributed by atoms with Crippen LogP contribution in [-0.2, 0) is 0 Å². The molecule has 0 aliphatic heterocycles. The Kier molecular flexibility index (Phi) is 3.25. The van der Waals surface area contributed by atoms with Crippen molar-refractivity contribution in [3.8, 4) is 6.07 Å². The third-order valence-corrected chi connectivity index (χ3v) is 2.09. The molecule has 76 valence electrons. The summed E-state index contributed by atoms with van der Waals surface area (Å²) in [5.74, 6) is -0.211. The number of carbonyl (C=O) groups is 1. The Hall–Kier alpha value is -2.08. The molecule has 0 fully saturated rings. The summed E-state index contributed by atoms with van der Waals surface area (Å²) in [6.45, 7) is 3.67. The minimum absolute atomic E-state index is 0.211. The molecule has 0 atom stereocenters. The summed E-state index contributed by atoms with van der Waals surface area (Å²) in [4.78, 5) is 13.5. The van der Waals surface area contributed by atoms with Crippen LogP contribution in [-0.4, -0.2) is 24.8 Å². The van der Waals surface area contributed by atoms with Crippen molar-refractivity contribution in [2.24, 2.45) is 0 Å². The Morgan fingerprint density at radius 2 is 2.00 bits per heavy atom. The number of hydrogen-bond acceptors (Lipinski definition) is 3. The summed E-state index contributed by atoms with van der Waals surface area (Å²) in [6, 6.07) is 8.71. The van der Waals surface area contributed by atoms with E-state index in [1.165, 1.54) is 0 Å². The summed E-state index contributed by atoms with van der Waals surface area (Å²) in [5.41, 5.74) is 1.15. The second-order valence-corrected chi connectivity index (χ2v) is 3.33. The zero-order valence-electron chi connectivity index (χ0n) is 8.82. The van der Waals surface area contributed by atoms with Crippen LogP contribution in [0.2, 0.25) is 0 Å². The lowest BCUT2D eigenvalue weighted by Gasteiger charge is -2.14. The van der Waals surface area contributed by atoms with Gasteiger partial charge in [0.1, 0.15) is 0 Å². The first-order valence-electron chi connectivity index (χ1n) is 4.48. The predicted molar refractivity (Wildman–Crippen MR) is 58.3 cm³/mol. The van der Waals surface area contributed by atoms with E-state index in [4.69, 9.17) is 5.26 Å². The monoisotopic (exact) mass is 200 g/mol. The number of rotatable bonds is 3. The number of Topliss-reactive ketones (excluding diaryl/α,β-unsaturated/α-hetero) is 1. The van der Waals surface area contributed by atoms with Crippen LogP contribution in [0.1, 0.15) is 15.9 Å². The Morgan fingerprint density at radius 3 is 2.53 bits per heavy atom. The van der Waals surface area contributed by atoms with Crippen molar-refractivity contribution in [3.63, 3.8) is 0 Å². The maximum absolute atomic E-state index is 11.9. The lowest BCUT2D eigenvalue weighted by atomic mass is 10.0. The van der Waals surface area contributed by atoms with Crippen LogP contribution in [0.15, 0.2) is 36.5 Å². The molecule has 0 aromatic heterocycles. The number of benzene rings is 1. The number of carbonyl (C=O) groups excluding carboxylic acids is 1. The molecule has 1 rings (SSSR count). The van der Waals surface area contributed by atoms with E-state index < -0.39 is 0 Å². The minimum Gasteiger partial charge on any atom is -0.375 e. The van der Waals surface area contributed by atoms with E-state index in [-0.39, 0.29) is 5.78 Å². The summed E-state index contributed by atoms with van der Waals surface area (Å²) in [5, 5.41) is 8.84. The molecule has 0 saturated heterocycles. The van der Waals surface area contributed by atoms with Crippen LogP contribution in [0.25, 0.3) is 0 Å². The fourth-order valence-electron chi connectivity index (χ4n) is 1.14. The van der Waals surface area contributed by atoms with E-state index >= 15 is 0 Å². The van der Waals surface area contributed by atoms with Crippen molar-refractivity contribution in [2.75, 3.05) is 14.1 Å². The average molecular weight is 200 g/mol.